The molecule has 0 N–H and O–H groups in total. The standard InChI is InChI=1S/C17H18O6/c1-8-5-10-14(17(22-4)23-8)16(19)13-11(15(10)18)6-9(20-2)7-12(13)21-3/h6-8,17H,5H2,1-4H3/t8-,17+/m1/s1. The van der Waals surface area contributed by atoms with E-state index in [0.29, 0.717) is 29.1 Å². The lowest BCUT2D eigenvalue weighted by Crippen LogP contribution is -2.38. The number of methoxy groups -OCH3 is 3. The number of ether oxygens (including phenoxy) is 4. The predicted octanol–water partition coefficient (Wildman–Crippen LogP) is 2.16. The maximum absolute atomic E-state index is 13.0. The maximum atomic E-state index is 13.0. The zero-order valence-electron chi connectivity index (χ0n) is 13.5. The van der Waals surface area contributed by atoms with Gasteiger partial charge in [0.1, 0.15) is 11.5 Å². The molecule has 1 aliphatic carbocycles. The Balaban J connectivity index is 2.23. The van der Waals surface area contributed by atoms with Crippen LogP contribution in [0.1, 0.15) is 34.1 Å². The Morgan fingerprint density at radius 2 is 1.83 bits per heavy atom. The van der Waals surface area contributed by atoms with Gasteiger partial charge in [0.05, 0.1) is 31.5 Å². The fraction of sp³-hybridized carbons (Fsp3) is 0.412. The van der Waals surface area contributed by atoms with Gasteiger partial charge in [0.25, 0.3) is 0 Å². The minimum Gasteiger partial charge on any atom is -0.497 e. The van der Waals surface area contributed by atoms with E-state index in [4.69, 9.17) is 18.9 Å². The molecule has 6 nitrogen and oxygen atoms in total. The molecule has 122 valence electrons. The minimum absolute atomic E-state index is 0.204. The van der Waals surface area contributed by atoms with Gasteiger partial charge in [-0.2, -0.15) is 0 Å². The molecule has 0 amide bonds. The van der Waals surface area contributed by atoms with Gasteiger partial charge in [-0.05, 0) is 13.0 Å². The third kappa shape index (κ3) is 2.34. The summed E-state index contributed by atoms with van der Waals surface area (Å²) < 4.78 is 21.4. The Morgan fingerprint density at radius 1 is 1.09 bits per heavy atom. The van der Waals surface area contributed by atoms with E-state index in [-0.39, 0.29) is 28.8 Å². The monoisotopic (exact) mass is 318 g/mol. The van der Waals surface area contributed by atoms with E-state index in [2.05, 4.69) is 0 Å². The minimum atomic E-state index is -0.842. The summed E-state index contributed by atoms with van der Waals surface area (Å²) in [6.45, 7) is 1.84. The molecule has 1 aromatic carbocycles. The molecule has 6 heteroatoms. The van der Waals surface area contributed by atoms with E-state index in [1.54, 1.807) is 12.1 Å². The number of hydrogen-bond acceptors (Lipinski definition) is 6. The van der Waals surface area contributed by atoms with E-state index in [0.717, 1.165) is 0 Å². The topological polar surface area (TPSA) is 71.1 Å². The Labute approximate surface area is 134 Å². The molecule has 23 heavy (non-hydrogen) atoms. The van der Waals surface area contributed by atoms with Crippen LogP contribution in [0, 0.1) is 0 Å². The Bertz CT molecular complexity index is 718. The van der Waals surface area contributed by atoms with Gasteiger partial charge in [0, 0.05) is 30.7 Å². The van der Waals surface area contributed by atoms with Crippen molar-refractivity contribution in [2.45, 2.75) is 25.7 Å². The number of rotatable bonds is 3. The van der Waals surface area contributed by atoms with Crippen LogP contribution in [0.25, 0.3) is 0 Å². The molecule has 0 aromatic heterocycles. The molecule has 0 fully saturated rings. The Hall–Kier alpha value is -2.18. The van der Waals surface area contributed by atoms with Crippen molar-refractivity contribution in [2.75, 3.05) is 21.3 Å². The zero-order chi connectivity index (χ0) is 16.7. The van der Waals surface area contributed by atoms with Gasteiger partial charge >= 0.3 is 0 Å². The molecule has 0 saturated carbocycles. The summed E-state index contributed by atoms with van der Waals surface area (Å²) in [6.07, 6.45) is -0.673. The molecule has 0 radical (unpaired) electrons. The van der Waals surface area contributed by atoms with Gasteiger partial charge < -0.3 is 18.9 Å². The van der Waals surface area contributed by atoms with Gasteiger partial charge in [-0.15, -0.1) is 0 Å². The molecule has 0 spiro atoms. The van der Waals surface area contributed by atoms with Gasteiger partial charge in [0.15, 0.2) is 17.9 Å². The van der Waals surface area contributed by atoms with Crippen LogP contribution in [0.5, 0.6) is 11.5 Å². The van der Waals surface area contributed by atoms with Crippen LogP contribution in [0.15, 0.2) is 23.3 Å². The second kappa shape index (κ2) is 5.79. The lowest BCUT2D eigenvalue weighted by Gasteiger charge is -2.33. The fourth-order valence-corrected chi connectivity index (χ4v) is 3.08. The van der Waals surface area contributed by atoms with Crippen molar-refractivity contribution < 1.29 is 28.5 Å². The summed E-state index contributed by atoms with van der Waals surface area (Å²) in [5.74, 6) is 0.267. The third-order valence-electron chi connectivity index (χ3n) is 4.14. The van der Waals surface area contributed by atoms with Crippen molar-refractivity contribution in [3.05, 3.63) is 34.4 Å². The molecule has 0 unspecified atom stereocenters. The molecule has 1 heterocycles. The van der Waals surface area contributed by atoms with E-state index in [1.807, 2.05) is 6.92 Å². The van der Waals surface area contributed by atoms with Crippen molar-refractivity contribution in [3.8, 4) is 11.5 Å². The van der Waals surface area contributed by atoms with E-state index in [1.165, 1.54) is 21.3 Å². The highest BCUT2D eigenvalue weighted by molar-refractivity contribution is 6.28. The Kier molecular flexibility index (Phi) is 3.95. The van der Waals surface area contributed by atoms with Crippen LogP contribution in [0.4, 0.5) is 0 Å². The van der Waals surface area contributed by atoms with E-state index >= 15 is 0 Å². The average molecular weight is 318 g/mol. The van der Waals surface area contributed by atoms with Gasteiger partial charge in [-0.1, -0.05) is 0 Å². The summed E-state index contributed by atoms with van der Waals surface area (Å²) in [5, 5.41) is 0. The molecule has 2 atom stereocenters. The summed E-state index contributed by atoms with van der Waals surface area (Å²) in [4.78, 5) is 25.9. The van der Waals surface area contributed by atoms with Crippen LogP contribution in [-0.2, 0) is 9.47 Å². The lowest BCUT2D eigenvalue weighted by atomic mass is 9.80. The average Bonchev–Trinajstić information content (AvgIpc) is 2.57. The first-order valence-electron chi connectivity index (χ1n) is 7.28. The number of carbonyl (C=O) groups is 2. The quantitative estimate of drug-likeness (QED) is 0.850. The summed E-state index contributed by atoms with van der Waals surface area (Å²) in [5.41, 5.74) is 1.25. The normalized spacial score (nSPS) is 23.5. The van der Waals surface area contributed by atoms with Crippen molar-refractivity contribution in [3.63, 3.8) is 0 Å². The van der Waals surface area contributed by atoms with Crippen molar-refractivity contribution in [2.24, 2.45) is 0 Å². The SMILES string of the molecule is COc1cc(OC)c2c(c1)C(=O)C1=C(C2=O)[C@@H](OC)O[C@H](C)C1. The number of benzene rings is 1. The summed E-state index contributed by atoms with van der Waals surface area (Å²) >= 11 is 0. The fourth-order valence-electron chi connectivity index (χ4n) is 3.08. The molecule has 2 aliphatic rings. The molecular formula is C17H18O6. The third-order valence-corrected chi connectivity index (χ3v) is 4.14. The second-order valence-corrected chi connectivity index (χ2v) is 5.52. The summed E-state index contributed by atoms with van der Waals surface area (Å²) in [7, 11) is 4.40. The molecule has 0 saturated heterocycles. The van der Waals surface area contributed by atoms with Crippen LogP contribution in [0.3, 0.4) is 0 Å². The number of ketones is 2. The summed E-state index contributed by atoms with van der Waals surface area (Å²) in [6, 6.07) is 3.16. The molecule has 3 rings (SSSR count). The van der Waals surface area contributed by atoms with E-state index in [9.17, 15) is 9.59 Å². The smallest absolute Gasteiger partial charge is 0.199 e. The first kappa shape index (κ1) is 15.7. The molecule has 1 aromatic rings. The van der Waals surface area contributed by atoms with Gasteiger partial charge in [-0.3, -0.25) is 9.59 Å². The highest BCUT2D eigenvalue weighted by atomic mass is 16.7. The van der Waals surface area contributed by atoms with Gasteiger partial charge in [-0.25, -0.2) is 0 Å². The highest BCUT2D eigenvalue weighted by Gasteiger charge is 2.42. The molecular weight excluding hydrogens is 300 g/mol. The highest BCUT2D eigenvalue weighted by Crippen LogP contribution is 2.40. The predicted molar refractivity (Wildman–Crippen MR) is 81.2 cm³/mol. The number of carbonyl (C=O) groups excluding carboxylic acids is 2. The Morgan fingerprint density at radius 3 is 2.43 bits per heavy atom. The van der Waals surface area contributed by atoms with Crippen molar-refractivity contribution in [1.82, 2.24) is 0 Å². The first-order valence-corrected chi connectivity index (χ1v) is 7.28. The number of fused-ring (bicyclic) bond motifs is 1. The van der Waals surface area contributed by atoms with Crippen LogP contribution >= 0.6 is 0 Å². The molecule has 1 aliphatic heterocycles. The number of Topliss-reactive ketones (excluding diaryl/α,β-unsaturated/α-hetero) is 2. The zero-order valence-corrected chi connectivity index (χ0v) is 13.5. The van der Waals surface area contributed by atoms with Crippen LogP contribution in [-0.4, -0.2) is 45.3 Å². The van der Waals surface area contributed by atoms with Gasteiger partial charge in [0.2, 0.25) is 0 Å². The molecule has 0 bridgehead atoms. The largest absolute Gasteiger partial charge is 0.497 e. The van der Waals surface area contributed by atoms with Crippen molar-refractivity contribution >= 4 is 11.6 Å². The first-order chi connectivity index (χ1) is 11.0. The maximum Gasteiger partial charge on any atom is 0.199 e. The van der Waals surface area contributed by atoms with Crippen LogP contribution in [0.2, 0.25) is 0 Å². The van der Waals surface area contributed by atoms with Crippen molar-refractivity contribution in [1.29, 1.82) is 0 Å². The van der Waals surface area contributed by atoms with Crippen LogP contribution < -0.4 is 9.47 Å². The second-order valence-electron chi connectivity index (χ2n) is 5.52. The number of hydrogen-bond donors (Lipinski definition) is 0. The van der Waals surface area contributed by atoms with E-state index < -0.39 is 6.29 Å². The lowest BCUT2D eigenvalue weighted by molar-refractivity contribution is -0.133.